The van der Waals surface area contributed by atoms with Gasteiger partial charge >= 0.3 is 0 Å². The highest BCUT2D eigenvalue weighted by Gasteiger charge is 2.32. The second kappa shape index (κ2) is 13.3. The third-order valence-electron chi connectivity index (χ3n) is 7.27. The van der Waals surface area contributed by atoms with Gasteiger partial charge in [-0.25, -0.2) is 0 Å². The number of phenolic OH excluding ortho intramolecular Hbond substituents is 1. The molecule has 0 radical (unpaired) electrons. The van der Waals surface area contributed by atoms with E-state index >= 15 is 0 Å². The molecular weight excluding hydrogens is 573 g/mol. The normalized spacial score (nSPS) is 14.1. The lowest BCUT2D eigenvalue weighted by Gasteiger charge is -2.33. The third-order valence-corrected chi connectivity index (χ3v) is 9.70. The number of aliphatic hydroxyl groups excluding tert-OH is 2. The van der Waals surface area contributed by atoms with Gasteiger partial charge in [-0.2, -0.15) is 0 Å². The minimum Gasteiger partial charge on any atom is -0.513 e. The van der Waals surface area contributed by atoms with Crippen molar-refractivity contribution in [2.24, 2.45) is 0 Å². The monoisotopic (exact) mass is 630 g/mol. The van der Waals surface area contributed by atoms with Crippen molar-refractivity contribution < 1.29 is 20.1 Å². The van der Waals surface area contributed by atoms with E-state index in [0.29, 0.717) is 18.8 Å². The molecule has 2 aromatic carbocycles. The Labute approximate surface area is 271 Å². The van der Waals surface area contributed by atoms with Gasteiger partial charge in [0, 0.05) is 44.9 Å². The van der Waals surface area contributed by atoms with Crippen molar-refractivity contribution in [3.63, 3.8) is 0 Å². The van der Waals surface area contributed by atoms with E-state index in [1.54, 1.807) is 0 Å². The van der Waals surface area contributed by atoms with Crippen molar-refractivity contribution in [3.05, 3.63) is 58.9 Å². The first kappa shape index (κ1) is 37.4. The summed E-state index contributed by atoms with van der Waals surface area (Å²) in [6, 6.07) is 8.86. The van der Waals surface area contributed by atoms with Gasteiger partial charge in [0.15, 0.2) is 0 Å². The SMILES string of the molecule is C=C(O)C[C@H](O)CCOc1c(C(C)(C)C)cc(SC(C)(C)Sc2cc(C(C)(C)C)c(O)c(C(C)(C)C)c2)cc1C(C)(C)C. The number of hydrogen-bond acceptors (Lipinski definition) is 6. The van der Waals surface area contributed by atoms with Crippen LogP contribution in [-0.2, 0) is 21.7 Å². The van der Waals surface area contributed by atoms with Gasteiger partial charge in [0.2, 0.25) is 0 Å². The van der Waals surface area contributed by atoms with Crippen LogP contribution in [0.4, 0.5) is 0 Å². The average Bonchev–Trinajstić information content (AvgIpc) is 2.76. The summed E-state index contributed by atoms with van der Waals surface area (Å²) >= 11 is 3.67. The highest BCUT2D eigenvalue weighted by atomic mass is 32.2. The molecule has 0 saturated carbocycles. The van der Waals surface area contributed by atoms with Gasteiger partial charge in [0.25, 0.3) is 0 Å². The van der Waals surface area contributed by atoms with Crippen molar-refractivity contribution in [2.75, 3.05) is 6.61 Å². The van der Waals surface area contributed by atoms with Gasteiger partial charge in [-0.05, 0) is 59.8 Å². The Morgan fingerprint density at radius 1 is 0.698 bits per heavy atom. The predicted octanol–water partition coefficient (Wildman–Crippen LogP) is 10.8. The Hall–Kier alpha value is -1.76. The molecule has 0 aliphatic carbocycles. The zero-order valence-electron chi connectivity index (χ0n) is 29.3. The zero-order valence-corrected chi connectivity index (χ0v) is 30.9. The predicted molar refractivity (Wildman–Crippen MR) is 188 cm³/mol. The highest BCUT2D eigenvalue weighted by Crippen LogP contribution is 2.51. The van der Waals surface area contributed by atoms with Crippen LogP contribution in [0, 0.1) is 0 Å². The van der Waals surface area contributed by atoms with E-state index < -0.39 is 6.10 Å². The molecule has 4 nitrogen and oxygen atoms in total. The molecule has 0 heterocycles. The third kappa shape index (κ3) is 10.7. The number of rotatable bonds is 10. The van der Waals surface area contributed by atoms with Crippen LogP contribution in [0.15, 0.2) is 46.4 Å². The van der Waals surface area contributed by atoms with Crippen LogP contribution in [0.3, 0.4) is 0 Å². The molecule has 0 aromatic heterocycles. The van der Waals surface area contributed by atoms with E-state index in [4.69, 9.17) is 4.74 Å². The van der Waals surface area contributed by atoms with E-state index in [1.165, 1.54) is 4.90 Å². The molecule has 0 aliphatic rings. The Morgan fingerprint density at radius 2 is 1.05 bits per heavy atom. The van der Waals surface area contributed by atoms with Crippen molar-refractivity contribution >= 4 is 23.5 Å². The zero-order chi connectivity index (χ0) is 33.3. The smallest absolute Gasteiger partial charge is 0.126 e. The van der Waals surface area contributed by atoms with Crippen LogP contribution in [-0.4, -0.2) is 32.1 Å². The van der Waals surface area contributed by atoms with E-state index in [9.17, 15) is 15.3 Å². The Bertz CT molecular complexity index is 1210. The van der Waals surface area contributed by atoms with E-state index in [1.807, 2.05) is 23.5 Å². The lowest BCUT2D eigenvalue weighted by atomic mass is 9.79. The fourth-order valence-corrected chi connectivity index (χ4v) is 7.59. The van der Waals surface area contributed by atoms with Gasteiger partial charge in [-0.3, -0.25) is 0 Å². The molecule has 0 amide bonds. The van der Waals surface area contributed by atoms with Crippen LogP contribution in [0.1, 0.15) is 132 Å². The molecule has 0 unspecified atom stereocenters. The summed E-state index contributed by atoms with van der Waals surface area (Å²) in [6.07, 6.45) is -0.134. The molecule has 3 N–H and O–H groups in total. The molecule has 6 heteroatoms. The van der Waals surface area contributed by atoms with Gasteiger partial charge in [-0.1, -0.05) is 89.7 Å². The topological polar surface area (TPSA) is 69.9 Å². The second-order valence-electron chi connectivity index (χ2n) is 16.4. The lowest BCUT2D eigenvalue weighted by molar-refractivity contribution is 0.126. The number of hydrogen-bond donors (Lipinski definition) is 3. The van der Waals surface area contributed by atoms with Gasteiger partial charge in [-0.15, -0.1) is 23.5 Å². The summed E-state index contributed by atoms with van der Waals surface area (Å²) in [7, 11) is 0. The molecule has 2 rings (SSSR count). The maximum Gasteiger partial charge on any atom is 0.126 e. The molecule has 43 heavy (non-hydrogen) atoms. The first-order valence-electron chi connectivity index (χ1n) is 15.3. The van der Waals surface area contributed by atoms with E-state index in [0.717, 1.165) is 32.9 Å². The minimum absolute atomic E-state index is 0.0170. The molecule has 1 atom stereocenters. The molecule has 2 aromatic rings. The van der Waals surface area contributed by atoms with Crippen molar-refractivity contribution in [3.8, 4) is 11.5 Å². The number of thioether (sulfide) groups is 2. The van der Waals surface area contributed by atoms with Crippen LogP contribution in [0.5, 0.6) is 11.5 Å². The van der Waals surface area contributed by atoms with Crippen LogP contribution >= 0.6 is 23.5 Å². The molecule has 0 saturated heterocycles. The number of aromatic hydroxyl groups is 1. The van der Waals surface area contributed by atoms with Crippen LogP contribution in [0.2, 0.25) is 0 Å². The Morgan fingerprint density at radius 3 is 1.37 bits per heavy atom. The number of benzene rings is 2. The first-order chi connectivity index (χ1) is 19.2. The van der Waals surface area contributed by atoms with Gasteiger partial charge in [0.1, 0.15) is 11.5 Å². The molecule has 0 bridgehead atoms. The van der Waals surface area contributed by atoms with Crippen LogP contribution in [0.25, 0.3) is 0 Å². The van der Waals surface area contributed by atoms with E-state index in [-0.39, 0.29) is 37.9 Å². The maximum absolute atomic E-state index is 11.2. The molecule has 242 valence electrons. The number of aliphatic hydroxyl groups is 2. The fourth-order valence-electron chi connectivity index (χ4n) is 5.00. The van der Waals surface area contributed by atoms with Crippen molar-refractivity contribution in [2.45, 2.75) is 151 Å². The lowest BCUT2D eigenvalue weighted by Crippen LogP contribution is -2.22. The Kier molecular flexibility index (Phi) is 11.6. The quantitative estimate of drug-likeness (QED) is 0.138. The van der Waals surface area contributed by atoms with Crippen molar-refractivity contribution in [1.29, 1.82) is 0 Å². The Balaban J connectivity index is 2.54. The first-order valence-corrected chi connectivity index (χ1v) is 17.0. The maximum atomic E-state index is 11.2. The molecule has 0 spiro atoms. The summed E-state index contributed by atoms with van der Waals surface area (Å²) in [5.41, 5.74) is 3.53. The average molecular weight is 631 g/mol. The minimum atomic E-state index is -0.696. The summed E-state index contributed by atoms with van der Waals surface area (Å²) < 4.78 is 6.24. The van der Waals surface area contributed by atoms with Crippen molar-refractivity contribution in [1.82, 2.24) is 0 Å². The summed E-state index contributed by atoms with van der Waals surface area (Å²) in [6.45, 7) is 34.5. The fraction of sp³-hybridized carbons (Fsp3) is 0.622. The molecule has 0 aliphatic heterocycles. The van der Waals surface area contributed by atoms with Gasteiger partial charge in [0.05, 0.1) is 22.5 Å². The second-order valence-corrected chi connectivity index (χ2v) is 20.0. The van der Waals surface area contributed by atoms with E-state index in [2.05, 4.69) is 128 Å². The number of ether oxygens (including phenoxy) is 1. The summed E-state index contributed by atoms with van der Waals surface area (Å²) in [4.78, 5) is 2.34. The summed E-state index contributed by atoms with van der Waals surface area (Å²) in [5.74, 6) is 1.27. The summed E-state index contributed by atoms with van der Waals surface area (Å²) in [5, 5.41) is 31.0. The number of phenols is 1. The standard InChI is InChI=1S/C37H58O4S2/c1-23(38)18-24(39)16-17-41-32-29(35(8,9)10)21-26(22-30(32)36(11,12)13)43-37(14,15)42-25-19-27(33(2,3)4)31(40)28(20-25)34(5,6)7/h19-22,24,38-40H,1,16-18H2,2-15H3/t24-/m1/s1. The largest absolute Gasteiger partial charge is 0.513 e. The highest BCUT2D eigenvalue weighted by molar-refractivity contribution is 8.18. The van der Waals surface area contributed by atoms with Gasteiger partial charge < -0.3 is 20.1 Å². The molecule has 0 fully saturated rings. The van der Waals surface area contributed by atoms with Crippen LogP contribution < -0.4 is 4.74 Å². The molecular formula is C37H58O4S2.